The van der Waals surface area contributed by atoms with E-state index in [1.807, 2.05) is 56.3 Å². The van der Waals surface area contributed by atoms with Gasteiger partial charge in [0, 0.05) is 23.7 Å². The third-order valence-corrected chi connectivity index (χ3v) is 4.99. The monoisotopic (exact) mass is 474 g/mol. The van der Waals surface area contributed by atoms with Crippen LogP contribution in [-0.2, 0) is 9.59 Å². The summed E-state index contributed by atoms with van der Waals surface area (Å²) >= 11 is 5.07. The molecule has 0 fully saturated rings. The molecule has 174 valence electrons. The van der Waals surface area contributed by atoms with Crippen molar-refractivity contribution in [1.82, 2.24) is 16.2 Å². The van der Waals surface area contributed by atoms with E-state index in [4.69, 9.17) is 12.2 Å². The standard InChI is InChI=1S/C26H26N4O3S/c1-17(2)16-24(32)27-21-13-10-20(11-14-21)25(33)29-30-26(34)28-23(31)15-12-19-8-5-7-18-6-3-4-9-22(18)19/h3-15,17H,16H2,1-2H3,(H,27,32)(H,29,33)(H2,28,30,31,34)/b15-12+. The van der Waals surface area contributed by atoms with E-state index in [2.05, 4.69) is 21.5 Å². The number of fused-ring (bicyclic) bond motifs is 1. The van der Waals surface area contributed by atoms with Crippen molar-refractivity contribution in [1.29, 1.82) is 0 Å². The highest BCUT2D eigenvalue weighted by Gasteiger charge is 2.09. The third kappa shape index (κ3) is 7.25. The van der Waals surface area contributed by atoms with Gasteiger partial charge in [-0.2, -0.15) is 0 Å². The summed E-state index contributed by atoms with van der Waals surface area (Å²) in [5.74, 6) is -0.692. The molecular formula is C26H26N4O3S. The molecule has 3 rings (SSSR count). The largest absolute Gasteiger partial charge is 0.326 e. The molecule has 0 radical (unpaired) electrons. The highest BCUT2D eigenvalue weighted by molar-refractivity contribution is 7.80. The maximum Gasteiger partial charge on any atom is 0.269 e. The van der Waals surface area contributed by atoms with Crippen LogP contribution in [0.15, 0.2) is 72.8 Å². The molecule has 0 aliphatic carbocycles. The zero-order chi connectivity index (χ0) is 24.5. The van der Waals surface area contributed by atoms with Gasteiger partial charge in [-0.25, -0.2) is 0 Å². The van der Waals surface area contributed by atoms with Gasteiger partial charge in [0.1, 0.15) is 0 Å². The molecule has 3 aromatic rings. The summed E-state index contributed by atoms with van der Waals surface area (Å²) in [7, 11) is 0. The fourth-order valence-corrected chi connectivity index (χ4v) is 3.37. The summed E-state index contributed by atoms with van der Waals surface area (Å²) in [5.41, 5.74) is 6.81. The number of thiocarbonyl (C=S) groups is 1. The number of amides is 3. The van der Waals surface area contributed by atoms with E-state index < -0.39 is 11.8 Å². The molecule has 8 heteroatoms. The maximum absolute atomic E-state index is 12.3. The Balaban J connectivity index is 1.47. The van der Waals surface area contributed by atoms with Crippen molar-refractivity contribution in [2.45, 2.75) is 20.3 Å². The van der Waals surface area contributed by atoms with Crippen LogP contribution in [0, 0.1) is 5.92 Å². The molecule has 3 amide bonds. The molecular weight excluding hydrogens is 448 g/mol. The molecule has 0 heterocycles. The summed E-state index contributed by atoms with van der Waals surface area (Å²) in [5, 5.41) is 7.34. The topological polar surface area (TPSA) is 99.3 Å². The Kier molecular flexibility index (Phi) is 8.48. The maximum atomic E-state index is 12.3. The van der Waals surface area contributed by atoms with Crippen molar-refractivity contribution >= 4 is 57.6 Å². The molecule has 0 atom stereocenters. The molecule has 0 bridgehead atoms. The van der Waals surface area contributed by atoms with Crippen LogP contribution >= 0.6 is 12.2 Å². The van der Waals surface area contributed by atoms with Crippen LogP contribution in [-0.4, -0.2) is 22.8 Å². The number of hydrazine groups is 1. The quantitative estimate of drug-likeness (QED) is 0.244. The van der Waals surface area contributed by atoms with Gasteiger partial charge in [-0.05, 0) is 64.8 Å². The number of benzene rings is 3. The van der Waals surface area contributed by atoms with Crippen LogP contribution < -0.4 is 21.5 Å². The Labute approximate surface area is 203 Å². The lowest BCUT2D eigenvalue weighted by atomic mass is 10.0. The van der Waals surface area contributed by atoms with E-state index >= 15 is 0 Å². The minimum absolute atomic E-state index is 0.0431. The molecule has 7 nitrogen and oxygen atoms in total. The summed E-state index contributed by atoms with van der Waals surface area (Å²) in [6, 6.07) is 20.2. The molecule has 0 saturated heterocycles. The van der Waals surface area contributed by atoms with E-state index in [1.165, 1.54) is 6.08 Å². The van der Waals surface area contributed by atoms with Crippen LogP contribution in [0.1, 0.15) is 36.2 Å². The summed E-state index contributed by atoms with van der Waals surface area (Å²) < 4.78 is 0. The first kappa shape index (κ1) is 24.6. The molecule has 0 aliphatic rings. The molecule has 4 N–H and O–H groups in total. The minimum atomic E-state index is -0.442. The first-order chi connectivity index (χ1) is 16.3. The summed E-state index contributed by atoms with van der Waals surface area (Å²) in [6.07, 6.45) is 3.51. The molecule has 0 spiro atoms. The van der Waals surface area contributed by atoms with Crippen LogP contribution in [0.2, 0.25) is 0 Å². The van der Waals surface area contributed by atoms with E-state index in [-0.39, 0.29) is 16.9 Å². The minimum Gasteiger partial charge on any atom is -0.326 e. The third-order valence-electron chi connectivity index (χ3n) is 4.79. The molecule has 0 aromatic heterocycles. The zero-order valence-electron chi connectivity index (χ0n) is 18.9. The van der Waals surface area contributed by atoms with E-state index in [0.717, 1.165) is 16.3 Å². The SMILES string of the molecule is CC(C)CC(=O)Nc1ccc(C(=O)NNC(=S)NC(=O)/C=C/c2cccc3ccccc23)cc1. The average molecular weight is 475 g/mol. The van der Waals surface area contributed by atoms with Gasteiger partial charge in [0.15, 0.2) is 5.11 Å². The normalized spacial score (nSPS) is 10.8. The van der Waals surface area contributed by atoms with Gasteiger partial charge in [-0.15, -0.1) is 0 Å². The van der Waals surface area contributed by atoms with Crippen LogP contribution in [0.5, 0.6) is 0 Å². The Morgan fingerprint density at radius 1 is 0.912 bits per heavy atom. The lowest BCUT2D eigenvalue weighted by Gasteiger charge is -2.11. The Hall–Kier alpha value is -4.04. The summed E-state index contributed by atoms with van der Waals surface area (Å²) in [6.45, 7) is 3.93. The molecule has 0 saturated carbocycles. The number of nitrogens with one attached hydrogen (secondary N) is 4. The lowest BCUT2D eigenvalue weighted by molar-refractivity contribution is -0.117. The number of carbonyl (C=O) groups excluding carboxylic acids is 3. The van der Waals surface area contributed by atoms with Gasteiger partial charge in [0.05, 0.1) is 0 Å². The van der Waals surface area contributed by atoms with Crippen LogP contribution in [0.4, 0.5) is 5.69 Å². The van der Waals surface area contributed by atoms with Gasteiger partial charge in [-0.1, -0.05) is 56.3 Å². The number of hydrogen-bond donors (Lipinski definition) is 4. The average Bonchev–Trinajstić information content (AvgIpc) is 2.81. The molecule has 34 heavy (non-hydrogen) atoms. The van der Waals surface area contributed by atoms with Gasteiger partial charge >= 0.3 is 0 Å². The predicted molar refractivity (Wildman–Crippen MR) is 139 cm³/mol. The van der Waals surface area contributed by atoms with Gasteiger partial charge in [0.2, 0.25) is 11.8 Å². The smallest absolute Gasteiger partial charge is 0.269 e. The van der Waals surface area contributed by atoms with Gasteiger partial charge < -0.3 is 5.32 Å². The van der Waals surface area contributed by atoms with Gasteiger partial charge in [-0.3, -0.25) is 30.6 Å². The van der Waals surface area contributed by atoms with Crippen molar-refractivity contribution in [3.63, 3.8) is 0 Å². The van der Waals surface area contributed by atoms with Crippen molar-refractivity contribution in [2.24, 2.45) is 5.92 Å². The van der Waals surface area contributed by atoms with Crippen molar-refractivity contribution in [3.05, 3.63) is 83.9 Å². The van der Waals surface area contributed by atoms with Crippen molar-refractivity contribution < 1.29 is 14.4 Å². The Morgan fingerprint density at radius 2 is 1.62 bits per heavy atom. The molecule has 0 aliphatic heterocycles. The zero-order valence-corrected chi connectivity index (χ0v) is 19.7. The van der Waals surface area contributed by atoms with Crippen LogP contribution in [0.3, 0.4) is 0 Å². The van der Waals surface area contributed by atoms with E-state index in [1.54, 1.807) is 30.3 Å². The second-order valence-corrected chi connectivity index (χ2v) is 8.43. The lowest BCUT2D eigenvalue weighted by Crippen LogP contribution is -2.48. The van der Waals surface area contributed by atoms with Crippen molar-refractivity contribution in [2.75, 3.05) is 5.32 Å². The van der Waals surface area contributed by atoms with Gasteiger partial charge in [0.25, 0.3) is 5.91 Å². The molecule has 0 unspecified atom stereocenters. The fraction of sp³-hybridized carbons (Fsp3) is 0.154. The first-order valence-electron chi connectivity index (χ1n) is 10.8. The number of hydrogen-bond acceptors (Lipinski definition) is 4. The van der Waals surface area contributed by atoms with Crippen LogP contribution in [0.25, 0.3) is 16.8 Å². The molecule has 3 aromatic carbocycles. The predicted octanol–water partition coefficient (Wildman–Crippen LogP) is 4.17. The Bertz CT molecular complexity index is 1230. The fourth-order valence-electron chi connectivity index (χ4n) is 3.22. The highest BCUT2D eigenvalue weighted by atomic mass is 32.1. The van der Waals surface area contributed by atoms with E-state index in [0.29, 0.717) is 17.7 Å². The second-order valence-electron chi connectivity index (χ2n) is 8.02. The number of rotatable bonds is 6. The first-order valence-corrected chi connectivity index (χ1v) is 11.2. The highest BCUT2D eigenvalue weighted by Crippen LogP contribution is 2.19. The number of carbonyl (C=O) groups is 3. The number of anilines is 1. The second kappa shape index (κ2) is 11.7. The Morgan fingerprint density at radius 3 is 2.35 bits per heavy atom. The van der Waals surface area contributed by atoms with Crippen molar-refractivity contribution in [3.8, 4) is 0 Å². The van der Waals surface area contributed by atoms with E-state index in [9.17, 15) is 14.4 Å². The summed E-state index contributed by atoms with van der Waals surface area (Å²) in [4.78, 5) is 36.3.